The summed E-state index contributed by atoms with van der Waals surface area (Å²) >= 11 is 12.4. The Morgan fingerprint density at radius 3 is 2.70 bits per heavy atom. The molecule has 0 radical (unpaired) electrons. The van der Waals surface area contributed by atoms with E-state index in [2.05, 4.69) is 27.1 Å². The van der Waals surface area contributed by atoms with Crippen LogP contribution in [0.1, 0.15) is 28.0 Å². The van der Waals surface area contributed by atoms with Crippen LogP contribution in [0.25, 0.3) is 10.9 Å². The first-order valence-corrected chi connectivity index (χ1v) is 11.5. The second kappa shape index (κ2) is 9.71. The van der Waals surface area contributed by atoms with Crippen LogP contribution in [-0.4, -0.2) is 48.0 Å². The molecule has 0 saturated heterocycles. The van der Waals surface area contributed by atoms with Crippen molar-refractivity contribution in [2.75, 3.05) is 20.6 Å². The molecule has 1 aliphatic heterocycles. The molecular weight excluding hydrogens is 466 g/mol. The molecule has 6 nitrogen and oxygen atoms in total. The molecule has 4 rings (SSSR count). The number of carbonyl (C=O) groups is 2. The van der Waals surface area contributed by atoms with E-state index in [4.69, 9.17) is 23.2 Å². The topological polar surface area (TPSA) is 66.4 Å². The Hall–Kier alpha value is -2.61. The number of nitrogens with zero attached hydrogens (tertiary/aromatic N) is 2. The number of amides is 2. The summed E-state index contributed by atoms with van der Waals surface area (Å²) in [5.74, 6) is -1.18. The lowest BCUT2D eigenvalue weighted by Crippen LogP contribution is -2.42. The van der Waals surface area contributed by atoms with Crippen LogP contribution in [0.4, 0.5) is 4.39 Å². The number of fused-ring (bicyclic) bond motifs is 3. The molecule has 1 atom stereocenters. The summed E-state index contributed by atoms with van der Waals surface area (Å²) in [6.45, 7) is 2.09. The third-order valence-electron chi connectivity index (χ3n) is 6.04. The molecule has 33 heavy (non-hydrogen) atoms. The number of carbonyl (C=O) groups excluding carboxylic acids is 2. The number of halogens is 3. The molecule has 2 amide bonds. The van der Waals surface area contributed by atoms with Gasteiger partial charge in [0.15, 0.2) is 0 Å². The normalized spacial score (nSPS) is 14.7. The fourth-order valence-electron chi connectivity index (χ4n) is 4.40. The van der Waals surface area contributed by atoms with Crippen LogP contribution in [0, 0.1) is 5.82 Å². The highest BCUT2D eigenvalue weighted by atomic mass is 35.5. The van der Waals surface area contributed by atoms with Gasteiger partial charge in [0.25, 0.3) is 5.91 Å². The molecule has 174 valence electrons. The van der Waals surface area contributed by atoms with E-state index in [1.54, 1.807) is 7.05 Å². The molecular formula is C24H25Cl2FN4O2. The highest BCUT2D eigenvalue weighted by Gasteiger charge is 2.26. The maximum atomic E-state index is 13.4. The summed E-state index contributed by atoms with van der Waals surface area (Å²) in [6, 6.07) is 8.91. The zero-order valence-electron chi connectivity index (χ0n) is 18.4. The van der Waals surface area contributed by atoms with E-state index in [9.17, 15) is 14.0 Å². The van der Waals surface area contributed by atoms with Crippen LogP contribution < -0.4 is 10.6 Å². The quantitative estimate of drug-likeness (QED) is 0.548. The van der Waals surface area contributed by atoms with Crippen LogP contribution >= 0.6 is 23.2 Å². The number of rotatable bonds is 6. The zero-order valence-corrected chi connectivity index (χ0v) is 19.9. The van der Waals surface area contributed by atoms with Crippen LogP contribution in [0.15, 0.2) is 36.4 Å². The molecule has 1 aromatic heterocycles. The van der Waals surface area contributed by atoms with Crippen molar-refractivity contribution in [1.29, 1.82) is 0 Å². The lowest BCUT2D eigenvalue weighted by molar-refractivity contribution is -0.121. The van der Waals surface area contributed by atoms with Gasteiger partial charge in [0.1, 0.15) is 5.82 Å². The van der Waals surface area contributed by atoms with E-state index >= 15 is 0 Å². The molecule has 0 aliphatic carbocycles. The SMILES string of the molecule is CNC(=O)CC(Cn1c2c(c3cc(Cl)ccc31)CCN(C)C2)NC(=O)c1ccc(F)cc1Cl. The monoisotopic (exact) mass is 490 g/mol. The van der Waals surface area contributed by atoms with E-state index in [1.165, 1.54) is 17.7 Å². The largest absolute Gasteiger partial charge is 0.359 e. The predicted octanol–water partition coefficient (Wildman–Crippen LogP) is 4.01. The van der Waals surface area contributed by atoms with Crippen molar-refractivity contribution in [1.82, 2.24) is 20.1 Å². The third kappa shape index (κ3) is 5.00. The Morgan fingerprint density at radius 1 is 1.18 bits per heavy atom. The van der Waals surface area contributed by atoms with Crippen LogP contribution in [0.3, 0.4) is 0 Å². The molecule has 2 heterocycles. The maximum Gasteiger partial charge on any atom is 0.253 e. The standard InChI is InChI=1S/C24H25Cl2FN4O2/c1-28-23(32)11-16(29-24(33)18-5-4-15(27)10-20(18)26)12-31-21-6-3-14(25)9-19(21)17-7-8-30(2)13-22(17)31/h3-6,9-10,16H,7-8,11-13H2,1-2H3,(H,28,32)(H,29,33). The van der Waals surface area contributed by atoms with Crippen LogP contribution in [0.2, 0.25) is 10.0 Å². The summed E-state index contributed by atoms with van der Waals surface area (Å²) in [5, 5.41) is 7.33. The Kier molecular flexibility index (Phi) is 6.93. The van der Waals surface area contributed by atoms with Gasteiger partial charge in [0.2, 0.25) is 5.91 Å². The van der Waals surface area contributed by atoms with Crippen molar-refractivity contribution >= 4 is 45.9 Å². The van der Waals surface area contributed by atoms with E-state index in [0.717, 1.165) is 42.2 Å². The van der Waals surface area contributed by atoms with E-state index < -0.39 is 17.8 Å². The Balaban J connectivity index is 1.70. The summed E-state index contributed by atoms with van der Waals surface area (Å²) in [5.41, 5.74) is 3.57. The predicted molar refractivity (Wildman–Crippen MR) is 128 cm³/mol. The lowest BCUT2D eigenvalue weighted by Gasteiger charge is -2.26. The maximum absolute atomic E-state index is 13.4. The van der Waals surface area contributed by atoms with Gasteiger partial charge in [0.05, 0.1) is 16.6 Å². The van der Waals surface area contributed by atoms with Gasteiger partial charge in [-0.15, -0.1) is 0 Å². The van der Waals surface area contributed by atoms with Crippen LogP contribution in [0.5, 0.6) is 0 Å². The van der Waals surface area contributed by atoms with Gasteiger partial charge in [-0.05, 0) is 55.4 Å². The summed E-state index contributed by atoms with van der Waals surface area (Å²) in [4.78, 5) is 27.4. The van der Waals surface area contributed by atoms with Crippen molar-refractivity contribution < 1.29 is 14.0 Å². The zero-order chi connectivity index (χ0) is 23.7. The van der Waals surface area contributed by atoms with Crippen molar-refractivity contribution in [3.8, 4) is 0 Å². The molecule has 2 N–H and O–H groups in total. The average molecular weight is 491 g/mol. The summed E-state index contributed by atoms with van der Waals surface area (Å²) < 4.78 is 15.6. The van der Waals surface area contributed by atoms with E-state index in [1.807, 2.05) is 18.2 Å². The second-order valence-electron chi connectivity index (χ2n) is 8.36. The lowest BCUT2D eigenvalue weighted by atomic mass is 10.0. The first-order chi connectivity index (χ1) is 15.8. The molecule has 9 heteroatoms. The molecule has 1 aliphatic rings. The minimum Gasteiger partial charge on any atom is -0.359 e. The average Bonchev–Trinajstić information content (AvgIpc) is 3.05. The van der Waals surface area contributed by atoms with Gasteiger partial charge in [-0.2, -0.15) is 0 Å². The molecule has 0 fully saturated rings. The van der Waals surface area contributed by atoms with Gasteiger partial charge in [-0.3, -0.25) is 9.59 Å². The summed E-state index contributed by atoms with van der Waals surface area (Å²) in [7, 11) is 3.63. The highest BCUT2D eigenvalue weighted by molar-refractivity contribution is 6.33. The number of aromatic nitrogens is 1. The third-order valence-corrected chi connectivity index (χ3v) is 6.58. The second-order valence-corrected chi connectivity index (χ2v) is 9.20. The van der Waals surface area contributed by atoms with Gasteiger partial charge in [-0.1, -0.05) is 23.2 Å². The van der Waals surface area contributed by atoms with E-state index in [0.29, 0.717) is 11.6 Å². The number of benzene rings is 2. The number of likely N-dealkylation sites (N-methyl/N-ethyl adjacent to an activating group) is 1. The smallest absolute Gasteiger partial charge is 0.253 e. The molecule has 0 spiro atoms. The minimum atomic E-state index is -0.522. The molecule has 3 aromatic rings. The van der Waals surface area contributed by atoms with Crippen molar-refractivity contribution in [3.05, 3.63) is 69.1 Å². The molecule has 0 saturated carbocycles. The first-order valence-electron chi connectivity index (χ1n) is 10.7. The Labute approximate surface area is 201 Å². The van der Waals surface area contributed by atoms with Gasteiger partial charge in [0, 0.05) is 54.7 Å². The summed E-state index contributed by atoms with van der Waals surface area (Å²) in [6.07, 6.45) is 0.978. The van der Waals surface area contributed by atoms with Gasteiger partial charge < -0.3 is 20.1 Å². The number of nitrogens with one attached hydrogen (secondary N) is 2. The van der Waals surface area contributed by atoms with Crippen molar-refractivity contribution in [2.24, 2.45) is 0 Å². The minimum absolute atomic E-state index is 0.0197. The molecule has 1 unspecified atom stereocenters. The fraction of sp³-hybridized carbons (Fsp3) is 0.333. The van der Waals surface area contributed by atoms with E-state index in [-0.39, 0.29) is 22.9 Å². The Morgan fingerprint density at radius 2 is 1.97 bits per heavy atom. The van der Waals surface area contributed by atoms with Gasteiger partial charge >= 0.3 is 0 Å². The highest BCUT2D eigenvalue weighted by Crippen LogP contribution is 2.32. The van der Waals surface area contributed by atoms with Gasteiger partial charge in [-0.25, -0.2) is 4.39 Å². The van der Waals surface area contributed by atoms with Crippen molar-refractivity contribution in [3.63, 3.8) is 0 Å². The molecule has 2 aromatic carbocycles. The number of hydrogen-bond acceptors (Lipinski definition) is 3. The number of hydrogen-bond donors (Lipinski definition) is 2. The van der Waals surface area contributed by atoms with Crippen molar-refractivity contribution in [2.45, 2.75) is 32.0 Å². The van der Waals surface area contributed by atoms with Crippen LogP contribution in [-0.2, 0) is 24.3 Å². The fourth-order valence-corrected chi connectivity index (χ4v) is 4.82. The first kappa shape index (κ1) is 23.5. The Bertz CT molecular complexity index is 1230. The molecule has 0 bridgehead atoms.